The Hall–Kier alpha value is -0.146. The monoisotopic (exact) mass is 227 g/mol. The third-order valence-corrected chi connectivity index (χ3v) is 2.75. The van der Waals surface area contributed by atoms with Crippen LogP contribution in [0.5, 0.6) is 0 Å². The van der Waals surface area contributed by atoms with Gasteiger partial charge in [-0.2, -0.15) is 0 Å². The molecule has 0 saturated carbocycles. The molecule has 2 nitrogen and oxygen atoms in total. The van der Waals surface area contributed by atoms with Crippen molar-refractivity contribution in [1.82, 2.24) is 0 Å². The predicted octanol–water partition coefficient (Wildman–Crippen LogP) is 2.42. The molecule has 0 spiro atoms. The van der Waals surface area contributed by atoms with E-state index in [4.69, 9.17) is 9.47 Å². The summed E-state index contributed by atoms with van der Waals surface area (Å²) >= 11 is 1.95. The molecule has 75 valence electrons. The molecule has 0 aliphatic carbocycles. The Morgan fingerprint density at radius 2 is 1.57 bits per heavy atom. The van der Waals surface area contributed by atoms with Gasteiger partial charge >= 0.3 is 97.0 Å². The molecule has 0 aromatic heterocycles. The van der Waals surface area contributed by atoms with Crippen molar-refractivity contribution in [2.45, 2.75) is 17.9 Å². The van der Waals surface area contributed by atoms with Gasteiger partial charge in [-0.25, -0.2) is 0 Å². The van der Waals surface area contributed by atoms with Crippen molar-refractivity contribution in [2.75, 3.05) is 13.2 Å². The van der Waals surface area contributed by atoms with Crippen LogP contribution in [0.2, 0.25) is 0 Å². The fraction of sp³-hybridized carbons (Fsp3) is 0.455. The Morgan fingerprint density at radius 1 is 1.07 bits per heavy atom. The number of benzene rings is 1. The average Bonchev–Trinajstić information content (AvgIpc) is 2.20. The first kappa shape index (κ1) is 11.9. The van der Waals surface area contributed by atoms with Gasteiger partial charge in [0.05, 0.1) is 0 Å². The predicted molar refractivity (Wildman–Crippen MR) is 51.4 cm³/mol. The van der Waals surface area contributed by atoms with Crippen LogP contribution in [0.15, 0.2) is 30.3 Å². The molecule has 3 heteroatoms. The summed E-state index contributed by atoms with van der Waals surface area (Å²) in [6, 6.07) is 10.0. The van der Waals surface area contributed by atoms with Gasteiger partial charge in [0, 0.05) is 0 Å². The van der Waals surface area contributed by atoms with Gasteiger partial charge in [0.1, 0.15) is 0 Å². The van der Waals surface area contributed by atoms with Crippen molar-refractivity contribution in [2.24, 2.45) is 0 Å². The molecule has 0 bridgehead atoms. The van der Waals surface area contributed by atoms with Crippen LogP contribution in [0.1, 0.15) is 19.4 Å². The quantitative estimate of drug-likeness (QED) is 0.568. The molecule has 1 rings (SSSR count). The summed E-state index contributed by atoms with van der Waals surface area (Å²) < 4.78 is 10.7. The molecule has 14 heavy (non-hydrogen) atoms. The van der Waals surface area contributed by atoms with Crippen LogP contribution >= 0.6 is 0 Å². The van der Waals surface area contributed by atoms with E-state index in [1.54, 1.807) is 0 Å². The third kappa shape index (κ3) is 2.92. The fourth-order valence-electron chi connectivity index (χ4n) is 1.27. The zero-order valence-corrected chi connectivity index (χ0v) is 10.2. The molecule has 0 N–H and O–H groups in total. The first-order valence-corrected chi connectivity index (χ1v) is 5.59. The number of ether oxygens (including phenoxy) is 2. The summed E-state index contributed by atoms with van der Waals surface area (Å²) in [6.45, 7) is 5.23. The van der Waals surface area contributed by atoms with E-state index >= 15 is 0 Å². The standard InChI is InChI=1S/C11H15O2.Ti/c1-3-12-11(13-4-2)10-8-6-5-7-9-10;/h5-9H,3-4H2,1-2H3;. The molecule has 0 unspecified atom stereocenters. The van der Waals surface area contributed by atoms with Crippen LogP contribution < -0.4 is 0 Å². The first-order valence-electron chi connectivity index (χ1n) is 4.81. The second-order valence-corrected chi connectivity index (χ2v) is 3.88. The van der Waals surface area contributed by atoms with Crippen molar-refractivity contribution in [1.29, 1.82) is 0 Å². The van der Waals surface area contributed by atoms with Gasteiger partial charge in [-0.3, -0.25) is 0 Å². The molecule has 0 aliphatic heterocycles. The summed E-state index contributed by atoms with van der Waals surface area (Å²) in [5.41, 5.74) is 1.06. The Bertz CT molecular complexity index is 255. The zero-order valence-electron chi connectivity index (χ0n) is 8.62. The maximum atomic E-state index is 5.63. The van der Waals surface area contributed by atoms with Gasteiger partial charge in [-0.15, -0.1) is 0 Å². The van der Waals surface area contributed by atoms with E-state index in [1.807, 2.05) is 64.6 Å². The van der Waals surface area contributed by atoms with E-state index in [9.17, 15) is 0 Å². The number of hydrogen-bond donors (Lipinski definition) is 0. The van der Waals surface area contributed by atoms with Gasteiger partial charge in [-0.1, -0.05) is 0 Å². The third-order valence-electron chi connectivity index (χ3n) is 1.85. The normalized spacial score (nSPS) is 11.5. The summed E-state index contributed by atoms with van der Waals surface area (Å²) in [7, 11) is 0. The van der Waals surface area contributed by atoms with Crippen molar-refractivity contribution >= 4 is 0 Å². The summed E-state index contributed by atoms with van der Waals surface area (Å²) in [4.78, 5) is 0. The van der Waals surface area contributed by atoms with E-state index in [0.717, 1.165) is 5.56 Å². The second-order valence-electron chi connectivity index (χ2n) is 2.85. The summed E-state index contributed by atoms with van der Waals surface area (Å²) in [6.07, 6.45) is 0. The van der Waals surface area contributed by atoms with Gasteiger partial charge < -0.3 is 0 Å². The van der Waals surface area contributed by atoms with Gasteiger partial charge in [0.25, 0.3) is 0 Å². The van der Waals surface area contributed by atoms with Crippen LogP contribution in [0.4, 0.5) is 0 Å². The molecule has 0 amide bonds. The number of hydrogen-bond acceptors (Lipinski definition) is 2. The van der Waals surface area contributed by atoms with E-state index in [2.05, 4.69) is 0 Å². The zero-order chi connectivity index (χ0) is 10.4. The maximum absolute atomic E-state index is 5.63. The summed E-state index contributed by atoms with van der Waals surface area (Å²) in [5.74, 6) is 0. The minimum atomic E-state index is -0.606. The van der Waals surface area contributed by atoms with Crippen molar-refractivity contribution in [3.8, 4) is 0 Å². The first-order chi connectivity index (χ1) is 6.73. The molecule has 0 heterocycles. The van der Waals surface area contributed by atoms with E-state index in [1.165, 1.54) is 0 Å². The molecule has 1 aromatic rings. The molecule has 1 aromatic carbocycles. The molecule has 0 radical (unpaired) electrons. The van der Waals surface area contributed by atoms with Crippen LogP contribution in [0.3, 0.4) is 0 Å². The summed E-state index contributed by atoms with van der Waals surface area (Å²) in [5, 5.41) is 0. The molecule has 0 aliphatic rings. The van der Waals surface area contributed by atoms with Gasteiger partial charge in [0.2, 0.25) is 0 Å². The fourth-order valence-corrected chi connectivity index (χ4v) is 1.98. The molecular weight excluding hydrogens is 212 g/mol. The van der Waals surface area contributed by atoms with E-state index < -0.39 is 4.09 Å². The van der Waals surface area contributed by atoms with Crippen molar-refractivity contribution < 1.29 is 29.9 Å². The van der Waals surface area contributed by atoms with E-state index in [0.29, 0.717) is 13.2 Å². The Balaban J connectivity index is 2.87. The molecule has 0 atom stereocenters. The van der Waals surface area contributed by atoms with Crippen molar-refractivity contribution in [3.05, 3.63) is 35.9 Å². The van der Waals surface area contributed by atoms with Gasteiger partial charge in [-0.05, 0) is 0 Å². The Kier molecular flexibility index (Phi) is 4.83. The van der Waals surface area contributed by atoms with Crippen molar-refractivity contribution in [3.63, 3.8) is 0 Å². The Morgan fingerprint density at radius 3 is 2.00 bits per heavy atom. The van der Waals surface area contributed by atoms with Gasteiger partial charge in [0.15, 0.2) is 0 Å². The van der Waals surface area contributed by atoms with Crippen LogP contribution in [-0.4, -0.2) is 13.2 Å². The minimum absolute atomic E-state index is 0.606. The molecular formula is C11H15O2Ti. The van der Waals surface area contributed by atoms with Crippen LogP contribution in [0.25, 0.3) is 0 Å². The molecule has 0 fully saturated rings. The topological polar surface area (TPSA) is 18.5 Å². The molecule has 0 saturated heterocycles. The number of rotatable bonds is 5. The van der Waals surface area contributed by atoms with Crippen LogP contribution in [0, 0.1) is 0 Å². The van der Waals surface area contributed by atoms with Crippen LogP contribution in [-0.2, 0) is 34.0 Å². The Labute approximate surface area is 97.0 Å². The average molecular weight is 227 g/mol. The SMILES string of the molecule is CCO[C]([Ti])(OCC)c1ccccc1. The van der Waals surface area contributed by atoms with E-state index in [-0.39, 0.29) is 0 Å². The second kappa shape index (κ2) is 5.67.